The highest BCUT2D eigenvalue weighted by molar-refractivity contribution is 5.40. The average molecular weight is 253 g/mol. The normalized spacial score (nSPS) is 22.9. The summed E-state index contributed by atoms with van der Waals surface area (Å²) in [7, 11) is 0. The summed E-state index contributed by atoms with van der Waals surface area (Å²) in [6.45, 7) is 0. The molecule has 98 valence electrons. The van der Waals surface area contributed by atoms with E-state index in [-0.39, 0.29) is 0 Å². The number of hydrogen-bond acceptors (Lipinski definition) is 3. The van der Waals surface area contributed by atoms with Gasteiger partial charge in [-0.25, -0.2) is 9.97 Å². The first-order valence-corrected chi connectivity index (χ1v) is 7.00. The summed E-state index contributed by atoms with van der Waals surface area (Å²) in [4.78, 5) is 8.15. The van der Waals surface area contributed by atoms with Gasteiger partial charge in [-0.3, -0.25) is 0 Å². The van der Waals surface area contributed by atoms with Crippen LogP contribution in [-0.4, -0.2) is 16.0 Å². The molecule has 19 heavy (non-hydrogen) atoms. The lowest BCUT2D eigenvalue weighted by molar-refractivity contribution is 0.405. The quantitative estimate of drug-likeness (QED) is 0.908. The van der Waals surface area contributed by atoms with E-state index in [0.29, 0.717) is 12.0 Å². The van der Waals surface area contributed by atoms with Crippen molar-refractivity contribution in [1.82, 2.24) is 9.97 Å². The molecule has 1 aliphatic carbocycles. The van der Waals surface area contributed by atoms with Gasteiger partial charge in [0.25, 0.3) is 0 Å². The Balaban J connectivity index is 1.78. The number of hydrogen-bond donors (Lipinski definition) is 1. The first kappa shape index (κ1) is 12.2. The molecular formula is C16H19N3. The third kappa shape index (κ3) is 2.92. The van der Waals surface area contributed by atoms with Crippen LogP contribution < -0.4 is 5.32 Å². The van der Waals surface area contributed by atoms with Crippen molar-refractivity contribution in [3.8, 4) is 0 Å². The van der Waals surface area contributed by atoms with Crippen LogP contribution in [0.5, 0.6) is 0 Å². The molecule has 1 aliphatic rings. The van der Waals surface area contributed by atoms with Crippen LogP contribution in [0.1, 0.15) is 37.2 Å². The Hall–Kier alpha value is -1.90. The van der Waals surface area contributed by atoms with Crippen LogP contribution in [-0.2, 0) is 0 Å². The smallest absolute Gasteiger partial charge is 0.115 e. The van der Waals surface area contributed by atoms with Crippen LogP contribution in [0.4, 0.5) is 5.69 Å². The van der Waals surface area contributed by atoms with Crippen LogP contribution in [0.25, 0.3) is 0 Å². The Kier molecular flexibility index (Phi) is 3.73. The fourth-order valence-electron chi connectivity index (χ4n) is 2.99. The highest BCUT2D eigenvalue weighted by Gasteiger charge is 2.26. The molecule has 3 heteroatoms. The fraction of sp³-hybridized carbons (Fsp3) is 0.375. The van der Waals surface area contributed by atoms with Crippen LogP contribution >= 0.6 is 0 Å². The summed E-state index contributed by atoms with van der Waals surface area (Å²) in [6, 6.07) is 11.3. The van der Waals surface area contributed by atoms with Gasteiger partial charge >= 0.3 is 0 Å². The minimum Gasteiger partial charge on any atom is -0.379 e. The Bertz CT molecular complexity index is 498. The zero-order valence-corrected chi connectivity index (χ0v) is 11.0. The molecular weight excluding hydrogens is 234 g/mol. The first-order chi connectivity index (χ1) is 9.43. The third-order valence-electron chi connectivity index (χ3n) is 3.91. The molecule has 2 aromatic rings. The Morgan fingerprint density at radius 3 is 2.47 bits per heavy atom. The molecule has 3 rings (SSSR count). The largest absolute Gasteiger partial charge is 0.379 e. The number of nitrogens with one attached hydrogen (secondary N) is 1. The predicted octanol–water partition coefficient (Wildman–Crippen LogP) is 3.61. The summed E-state index contributed by atoms with van der Waals surface area (Å²) < 4.78 is 0. The molecule has 1 saturated carbocycles. The summed E-state index contributed by atoms with van der Waals surface area (Å²) in [6.07, 6.45) is 10.4. The molecule has 0 aliphatic heterocycles. The molecule has 0 radical (unpaired) electrons. The molecule has 0 spiro atoms. The van der Waals surface area contributed by atoms with Crippen molar-refractivity contribution in [2.75, 3.05) is 5.32 Å². The highest BCUT2D eigenvalue weighted by atomic mass is 15.0. The molecule has 1 N–H and O–H groups in total. The maximum atomic E-state index is 4.07. The molecule has 1 heterocycles. The second-order valence-corrected chi connectivity index (χ2v) is 5.18. The SMILES string of the molecule is c1ccc(C2CCCCC2Nc2cncnc2)cc1. The predicted molar refractivity (Wildman–Crippen MR) is 77.1 cm³/mol. The van der Waals surface area contributed by atoms with Gasteiger partial charge in [0.1, 0.15) is 6.33 Å². The lowest BCUT2D eigenvalue weighted by atomic mass is 9.80. The van der Waals surface area contributed by atoms with E-state index in [2.05, 4.69) is 45.6 Å². The molecule has 2 unspecified atom stereocenters. The van der Waals surface area contributed by atoms with E-state index in [1.807, 2.05) is 12.4 Å². The van der Waals surface area contributed by atoms with Gasteiger partial charge in [0.05, 0.1) is 18.1 Å². The van der Waals surface area contributed by atoms with Crippen LogP contribution in [0, 0.1) is 0 Å². The van der Waals surface area contributed by atoms with Gasteiger partial charge in [0.15, 0.2) is 0 Å². The van der Waals surface area contributed by atoms with E-state index in [0.717, 1.165) is 5.69 Å². The van der Waals surface area contributed by atoms with Crippen LogP contribution in [0.3, 0.4) is 0 Å². The first-order valence-electron chi connectivity index (χ1n) is 7.00. The van der Waals surface area contributed by atoms with Crippen molar-refractivity contribution in [1.29, 1.82) is 0 Å². The van der Waals surface area contributed by atoms with Crippen molar-refractivity contribution >= 4 is 5.69 Å². The zero-order valence-electron chi connectivity index (χ0n) is 11.0. The van der Waals surface area contributed by atoms with Crippen molar-refractivity contribution in [2.24, 2.45) is 0 Å². The number of nitrogens with zero attached hydrogens (tertiary/aromatic N) is 2. The summed E-state index contributed by atoms with van der Waals surface area (Å²) in [5.41, 5.74) is 2.46. The maximum absolute atomic E-state index is 4.07. The van der Waals surface area contributed by atoms with Gasteiger partial charge in [-0.2, -0.15) is 0 Å². The van der Waals surface area contributed by atoms with Gasteiger partial charge < -0.3 is 5.32 Å². The number of anilines is 1. The van der Waals surface area contributed by atoms with Gasteiger partial charge in [-0.1, -0.05) is 43.2 Å². The summed E-state index contributed by atoms with van der Waals surface area (Å²) in [5, 5.41) is 3.60. The average Bonchev–Trinajstić information content (AvgIpc) is 2.50. The molecule has 1 fully saturated rings. The lowest BCUT2D eigenvalue weighted by Gasteiger charge is -2.33. The Morgan fingerprint density at radius 1 is 0.947 bits per heavy atom. The second-order valence-electron chi connectivity index (χ2n) is 5.18. The van der Waals surface area contributed by atoms with E-state index < -0.39 is 0 Å². The van der Waals surface area contributed by atoms with E-state index in [4.69, 9.17) is 0 Å². The molecule has 0 bridgehead atoms. The van der Waals surface area contributed by atoms with Crippen molar-refractivity contribution in [3.05, 3.63) is 54.6 Å². The second kappa shape index (κ2) is 5.83. The molecule has 2 atom stereocenters. The monoisotopic (exact) mass is 253 g/mol. The topological polar surface area (TPSA) is 37.8 Å². The van der Waals surface area contributed by atoms with E-state index in [1.54, 1.807) is 6.33 Å². The van der Waals surface area contributed by atoms with E-state index in [1.165, 1.54) is 31.2 Å². The van der Waals surface area contributed by atoms with E-state index in [9.17, 15) is 0 Å². The van der Waals surface area contributed by atoms with Gasteiger partial charge in [0, 0.05) is 12.0 Å². The highest BCUT2D eigenvalue weighted by Crippen LogP contribution is 2.34. The number of aromatic nitrogens is 2. The zero-order chi connectivity index (χ0) is 12.9. The summed E-state index contributed by atoms with van der Waals surface area (Å²) >= 11 is 0. The molecule has 0 amide bonds. The van der Waals surface area contributed by atoms with Crippen LogP contribution in [0.2, 0.25) is 0 Å². The van der Waals surface area contributed by atoms with Crippen molar-refractivity contribution in [3.63, 3.8) is 0 Å². The van der Waals surface area contributed by atoms with Crippen molar-refractivity contribution < 1.29 is 0 Å². The van der Waals surface area contributed by atoms with Crippen molar-refractivity contribution in [2.45, 2.75) is 37.6 Å². The molecule has 1 aromatic heterocycles. The summed E-state index contributed by atoms with van der Waals surface area (Å²) in [5.74, 6) is 0.593. The van der Waals surface area contributed by atoms with E-state index >= 15 is 0 Å². The lowest BCUT2D eigenvalue weighted by Crippen LogP contribution is -2.30. The Labute approximate surface area is 114 Å². The molecule has 1 aromatic carbocycles. The van der Waals surface area contributed by atoms with Gasteiger partial charge in [-0.15, -0.1) is 0 Å². The Morgan fingerprint density at radius 2 is 1.68 bits per heavy atom. The molecule has 0 saturated heterocycles. The number of rotatable bonds is 3. The van der Waals surface area contributed by atoms with Gasteiger partial charge in [0.2, 0.25) is 0 Å². The number of benzene rings is 1. The minimum absolute atomic E-state index is 0.488. The molecule has 3 nitrogen and oxygen atoms in total. The van der Waals surface area contributed by atoms with Crippen LogP contribution in [0.15, 0.2) is 49.1 Å². The third-order valence-corrected chi connectivity index (χ3v) is 3.91. The minimum atomic E-state index is 0.488. The standard InChI is InChI=1S/C16H19N3/c1-2-6-13(7-3-1)15-8-4-5-9-16(15)19-14-10-17-12-18-11-14/h1-3,6-7,10-12,15-16,19H,4-5,8-9H2. The fourth-order valence-corrected chi connectivity index (χ4v) is 2.99. The maximum Gasteiger partial charge on any atom is 0.115 e. The van der Waals surface area contributed by atoms with Gasteiger partial charge in [-0.05, 0) is 18.4 Å².